The number of carbonyl (C=O) groups is 2. The van der Waals surface area contributed by atoms with Crippen LogP contribution in [0.3, 0.4) is 0 Å². The van der Waals surface area contributed by atoms with Crippen LogP contribution in [-0.4, -0.2) is 34.9 Å². The number of benzene rings is 2. The smallest absolute Gasteiger partial charge is 0.362 e. The quantitative estimate of drug-likeness (QED) is 0.428. The van der Waals surface area contributed by atoms with Crippen molar-refractivity contribution in [3.8, 4) is 11.4 Å². The zero-order valence-electron chi connectivity index (χ0n) is 19.0. The number of esters is 1. The molecule has 9 heteroatoms. The van der Waals surface area contributed by atoms with Gasteiger partial charge in [0, 0.05) is 5.69 Å². The summed E-state index contributed by atoms with van der Waals surface area (Å²) in [5.41, 5.74) is 1.28. The Morgan fingerprint density at radius 1 is 1.09 bits per heavy atom. The van der Waals surface area contributed by atoms with Crippen LogP contribution in [0.2, 0.25) is 5.02 Å². The fraction of sp³-hybridized carbons (Fsp3) is 0.280. The van der Waals surface area contributed by atoms with E-state index in [0.717, 1.165) is 30.0 Å². The molecule has 0 radical (unpaired) electrons. The molecular weight excluding hydrogens is 458 g/mol. The second-order valence-electron chi connectivity index (χ2n) is 7.42. The maximum Gasteiger partial charge on any atom is 0.362 e. The standard InChI is InChI=1S/C25H26ClN3O5/c1-3-5-8-17-11-13-18(14-12-17)27-22(30)16-34-21-15-23(31)29(20-10-7-6-9-19(20)26)28-24(21)25(32)33-4-2/h6-7,9-15H,3-5,8,16H2,1-2H3,(H,27,30). The number of carbonyl (C=O) groups excluding carboxylic acids is 2. The highest BCUT2D eigenvalue weighted by atomic mass is 35.5. The van der Waals surface area contributed by atoms with Crippen LogP contribution >= 0.6 is 11.6 Å². The van der Waals surface area contributed by atoms with Crippen LogP contribution in [0, 0.1) is 0 Å². The molecule has 0 saturated heterocycles. The molecule has 0 aliphatic carbocycles. The first-order chi connectivity index (χ1) is 16.4. The average molecular weight is 484 g/mol. The van der Waals surface area contributed by atoms with Gasteiger partial charge in [0.05, 0.1) is 23.4 Å². The van der Waals surface area contributed by atoms with Crippen molar-refractivity contribution in [3.63, 3.8) is 0 Å². The molecule has 8 nitrogen and oxygen atoms in total. The Balaban J connectivity index is 1.77. The van der Waals surface area contributed by atoms with Crippen LogP contribution in [0.5, 0.6) is 5.75 Å². The van der Waals surface area contributed by atoms with Gasteiger partial charge in [0.1, 0.15) is 0 Å². The summed E-state index contributed by atoms with van der Waals surface area (Å²) in [6.07, 6.45) is 3.20. The summed E-state index contributed by atoms with van der Waals surface area (Å²) in [7, 11) is 0. The number of hydrogen-bond donors (Lipinski definition) is 1. The van der Waals surface area contributed by atoms with Crippen LogP contribution < -0.4 is 15.6 Å². The Morgan fingerprint density at radius 2 is 1.82 bits per heavy atom. The summed E-state index contributed by atoms with van der Waals surface area (Å²) < 4.78 is 11.5. The summed E-state index contributed by atoms with van der Waals surface area (Å²) in [5.74, 6) is -1.40. The molecule has 34 heavy (non-hydrogen) atoms. The number of aromatic nitrogens is 2. The van der Waals surface area contributed by atoms with Gasteiger partial charge in [-0.2, -0.15) is 9.78 Å². The molecule has 0 aliphatic rings. The zero-order chi connectivity index (χ0) is 24.5. The maximum absolute atomic E-state index is 12.7. The first-order valence-electron chi connectivity index (χ1n) is 11.0. The first kappa shape index (κ1) is 25.0. The van der Waals surface area contributed by atoms with Crippen LogP contribution in [0.4, 0.5) is 5.69 Å². The summed E-state index contributed by atoms with van der Waals surface area (Å²) in [4.78, 5) is 37.5. The topological polar surface area (TPSA) is 99.5 Å². The molecule has 1 aromatic heterocycles. The van der Waals surface area contributed by atoms with E-state index in [1.54, 1.807) is 31.2 Å². The number of nitrogens with zero attached hydrogens (tertiary/aromatic N) is 2. The van der Waals surface area contributed by atoms with Crippen molar-refractivity contribution in [3.05, 3.63) is 81.2 Å². The van der Waals surface area contributed by atoms with E-state index in [1.165, 1.54) is 5.56 Å². The molecule has 0 saturated carbocycles. The predicted octanol–water partition coefficient (Wildman–Crippen LogP) is 4.42. The largest absolute Gasteiger partial charge is 0.481 e. The first-order valence-corrected chi connectivity index (χ1v) is 11.4. The van der Waals surface area contributed by atoms with E-state index in [2.05, 4.69) is 17.3 Å². The lowest BCUT2D eigenvalue weighted by Gasteiger charge is -2.13. The third-order valence-corrected chi connectivity index (χ3v) is 5.18. The third kappa shape index (κ3) is 6.45. The summed E-state index contributed by atoms with van der Waals surface area (Å²) in [5, 5.41) is 7.11. The molecule has 0 bridgehead atoms. The van der Waals surface area contributed by atoms with E-state index in [1.807, 2.05) is 24.3 Å². The number of amides is 1. The van der Waals surface area contributed by atoms with E-state index in [4.69, 9.17) is 21.1 Å². The minimum atomic E-state index is -0.790. The van der Waals surface area contributed by atoms with Gasteiger partial charge in [0.15, 0.2) is 12.4 Å². The Bertz CT molecular complexity index is 1210. The van der Waals surface area contributed by atoms with E-state index >= 15 is 0 Å². The fourth-order valence-electron chi connectivity index (χ4n) is 3.16. The van der Waals surface area contributed by atoms with Crippen molar-refractivity contribution in [2.75, 3.05) is 18.5 Å². The number of rotatable bonds is 10. The SMILES string of the molecule is CCCCc1ccc(NC(=O)COc2cc(=O)n(-c3ccccc3Cl)nc2C(=O)OCC)cc1. The summed E-state index contributed by atoms with van der Waals surface area (Å²) in [6.45, 7) is 3.45. The van der Waals surface area contributed by atoms with Gasteiger partial charge in [-0.25, -0.2) is 4.79 Å². The minimum Gasteiger partial charge on any atom is -0.481 e. The molecule has 178 valence electrons. The number of anilines is 1. The molecule has 0 aliphatic heterocycles. The summed E-state index contributed by atoms with van der Waals surface area (Å²) in [6, 6.07) is 15.2. The molecule has 2 aromatic carbocycles. The third-order valence-electron chi connectivity index (χ3n) is 4.86. The van der Waals surface area contributed by atoms with Gasteiger partial charge < -0.3 is 14.8 Å². The molecule has 3 rings (SSSR count). The van der Waals surface area contributed by atoms with Crippen molar-refractivity contribution in [1.29, 1.82) is 0 Å². The molecule has 0 spiro atoms. The number of unbranched alkanes of at least 4 members (excludes halogenated alkanes) is 1. The highest BCUT2D eigenvalue weighted by molar-refractivity contribution is 6.32. The monoisotopic (exact) mass is 483 g/mol. The Labute approximate surface area is 202 Å². The van der Waals surface area contributed by atoms with Crippen LogP contribution in [0.25, 0.3) is 5.69 Å². The molecule has 3 aromatic rings. The lowest BCUT2D eigenvalue weighted by Crippen LogP contribution is -2.27. The van der Waals surface area contributed by atoms with E-state index in [0.29, 0.717) is 11.4 Å². The van der Waals surface area contributed by atoms with Gasteiger partial charge >= 0.3 is 5.97 Å². The molecule has 0 fully saturated rings. The minimum absolute atomic E-state index is 0.0971. The fourth-order valence-corrected chi connectivity index (χ4v) is 3.38. The maximum atomic E-state index is 12.7. The van der Waals surface area contributed by atoms with Gasteiger partial charge in [-0.3, -0.25) is 9.59 Å². The lowest BCUT2D eigenvalue weighted by molar-refractivity contribution is -0.118. The van der Waals surface area contributed by atoms with E-state index in [9.17, 15) is 14.4 Å². The Morgan fingerprint density at radius 3 is 2.50 bits per heavy atom. The summed E-state index contributed by atoms with van der Waals surface area (Å²) >= 11 is 6.18. The lowest BCUT2D eigenvalue weighted by atomic mass is 10.1. The molecular formula is C25H26ClN3O5. The van der Waals surface area contributed by atoms with Crippen LogP contribution in [-0.2, 0) is 16.0 Å². The number of halogens is 1. The number of para-hydroxylation sites is 1. The van der Waals surface area contributed by atoms with Gasteiger partial charge in [-0.15, -0.1) is 0 Å². The molecule has 1 amide bonds. The Hall–Kier alpha value is -3.65. The molecule has 1 N–H and O–H groups in total. The van der Waals surface area contributed by atoms with Gasteiger partial charge in [-0.05, 0) is 49.6 Å². The van der Waals surface area contributed by atoms with Crippen LogP contribution in [0.1, 0.15) is 42.7 Å². The zero-order valence-corrected chi connectivity index (χ0v) is 19.8. The second kappa shape index (κ2) is 12.0. The number of aryl methyl sites for hydroxylation is 1. The van der Waals surface area contributed by atoms with Gasteiger partial charge in [-0.1, -0.05) is 49.2 Å². The van der Waals surface area contributed by atoms with Crippen molar-refractivity contribution >= 4 is 29.2 Å². The second-order valence-corrected chi connectivity index (χ2v) is 7.82. The van der Waals surface area contributed by atoms with Crippen LogP contribution in [0.15, 0.2) is 59.4 Å². The highest BCUT2D eigenvalue weighted by Gasteiger charge is 2.21. The van der Waals surface area contributed by atoms with Crippen molar-refractivity contribution < 1.29 is 19.1 Å². The van der Waals surface area contributed by atoms with E-state index < -0.39 is 24.0 Å². The van der Waals surface area contributed by atoms with Gasteiger partial charge in [0.2, 0.25) is 5.69 Å². The van der Waals surface area contributed by atoms with Crippen molar-refractivity contribution in [1.82, 2.24) is 9.78 Å². The number of nitrogens with one attached hydrogen (secondary N) is 1. The normalized spacial score (nSPS) is 10.6. The van der Waals surface area contributed by atoms with Crippen molar-refractivity contribution in [2.45, 2.75) is 33.1 Å². The number of ether oxygens (including phenoxy) is 2. The van der Waals surface area contributed by atoms with E-state index in [-0.39, 0.29) is 23.1 Å². The number of hydrogen-bond acceptors (Lipinski definition) is 6. The van der Waals surface area contributed by atoms with Crippen molar-refractivity contribution in [2.24, 2.45) is 0 Å². The predicted molar refractivity (Wildman–Crippen MR) is 130 cm³/mol. The molecule has 1 heterocycles. The average Bonchev–Trinajstić information content (AvgIpc) is 2.83. The van der Waals surface area contributed by atoms with Gasteiger partial charge in [0.25, 0.3) is 11.5 Å². The molecule has 0 atom stereocenters. The molecule has 0 unspecified atom stereocenters. The highest BCUT2D eigenvalue weighted by Crippen LogP contribution is 2.21. The Kier molecular flexibility index (Phi) is 8.81.